The summed E-state index contributed by atoms with van der Waals surface area (Å²) in [5.74, 6) is -1.29. The van der Waals surface area contributed by atoms with Crippen molar-refractivity contribution in [3.8, 4) is 0 Å². The average molecular weight is 542 g/mol. The van der Waals surface area contributed by atoms with E-state index in [-0.39, 0.29) is 36.7 Å². The number of carbonyl (C=O) groups is 1. The number of halogens is 2. The molecule has 1 aliphatic rings. The first-order valence-corrected chi connectivity index (χ1v) is 14.4. The van der Waals surface area contributed by atoms with Gasteiger partial charge in [0.15, 0.2) is 0 Å². The number of likely N-dealkylation sites (tertiary alicyclic amines) is 1. The topological polar surface area (TPSA) is 69.7 Å². The number of anilines is 1. The van der Waals surface area contributed by atoms with Gasteiger partial charge in [-0.2, -0.15) is 0 Å². The van der Waals surface area contributed by atoms with Gasteiger partial charge in [-0.1, -0.05) is 54.6 Å². The molecule has 3 aromatic carbocycles. The van der Waals surface area contributed by atoms with Crippen LogP contribution in [-0.4, -0.2) is 50.9 Å². The summed E-state index contributed by atoms with van der Waals surface area (Å²) in [6, 6.07) is 20.7. The molecule has 202 valence electrons. The minimum absolute atomic E-state index is 0.00877. The summed E-state index contributed by atoms with van der Waals surface area (Å²) >= 11 is 0. The van der Waals surface area contributed by atoms with E-state index in [0.29, 0.717) is 42.7 Å². The largest absolute Gasteiger partial charge is 0.353 e. The van der Waals surface area contributed by atoms with Gasteiger partial charge in [0, 0.05) is 31.7 Å². The maximum atomic E-state index is 14.1. The second-order valence-corrected chi connectivity index (χ2v) is 11.6. The fourth-order valence-corrected chi connectivity index (χ4v) is 6.45. The van der Waals surface area contributed by atoms with Crippen LogP contribution >= 0.6 is 0 Å². The molecule has 0 aliphatic carbocycles. The van der Waals surface area contributed by atoms with E-state index in [4.69, 9.17) is 0 Å². The zero-order valence-electron chi connectivity index (χ0n) is 21.4. The van der Waals surface area contributed by atoms with E-state index in [1.807, 2.05) is 13.0 Å². The maximum Gasteiger partial charge on any atom is 0.239 e. The van der Waals surface area contributed by atoms with Crippen molar-refractivity contribution < 1.29 is 22.0 Å². The molecule has 38 heavy (non-hydrogen) atoms. The summed E-state index contributed by atoms with van der Waals surface area (Å²) in [6.45, 7) is 3.47. The highest BCUT2D eigenvalue weighted by Crippen LogP contribution is 2.24. The van der Waals surface area contributed by atoms with E-state index in [9.17, 15) is 22.0 Å². The Labute approximate surface area is 223 Å². The SMILES string of the molecule is C[C@H](CN(c1cccc(F)c1)S(=O)(=O)Cc1ccccc1)N1CCC(NC(=O)Cc2ccccc2F)CC1. The Kier molecular flexibility index (Phi) is 9.12. The first kappa shape index (κ1) is 27.7. The second kappa shape index (κ2) is 12.5. The van der Waals surface area contributed by atoms with Gasteiger partial charge in [-0.25, -0.2) is 17.2 Å². The monoisotopic (exact) mass is 541 g/mol. The molecule has 1 fully saturated rings. The molecule has 1 saturated heterocycles. The van der Waals surface area contributed by atoms with Crippen LogP contribution in [0.2, 0.25) is 0 Å². The average Bonchev–Trinajstić information content (AvgIpc) is 2.89. The van der Waals surface area contributed by atoms with E-state index >= 15 is 0 Å². The number of nitrogens with one attached hydrogen (secondary N) is 1. The van der Waals surface area contributed by atoms with Crippen molar-refractivity contribution in [3.05, 3.63) is 102 Å². The molecular weight excluding hydrogens is 508 g/mol. The molecule has 1 amide bonds. The van der Waals surface area contributed by atoms with Crippen LogP contribution in [0, 0.1) is 11.6 Å². The first-order chi connectivity index (χ1) is 18.2. The van der Waals surface area contributed by atoms with Crippen molar-refractivity contribution in [1.29, 1.82) is 0 Å². The van der Waals surface area contributed by atoms with Crippen LogP contribution in [0.25, 0.3) is 0 Å². The quantitative estimate of drug-likeness (QED) is 0.410. The van der Waals surface area contributed by atoms with Gasteiger partial charge in [0.25, 0.3) is 0 Å². The molecule has 0 spiro atoms. The molecule has 6 nitrogen and oxygen atoms in total. The second-order valence-electron chi connectivity index (χ2n) is 9.75. The molecule has 1 atom stereocenters. The molecule has 4 rings (SSSR count). The third-order valence-electron chi connectivity index (χ3n) is 6.88. The van der Waals surface area contributed by atoms with Gasteiger partial charge < -0.3 is 5.32 Å². The van der Waals surface area contributed by atoms with Crippen LogP contribution in [0.1, 0.15) is 30.9 Å². The summed E-state index contributed by atoms with van der Waals surface area (Å²) in [5.41, 5.74) is 1.32. The third-order valence-corrected chi connectivity index (χ3v) is 8.61. The smallest absolute Gasteiger partial charge is 0.239 e. The number of piperidine rings is 1. The highest BCUT2D eigenvalue weighted by Gasteiger charge is 2.30. The van der Waals surface area contributed by atoms with E-state index in [1.165, 1.54) is 28.6 Å². The Morgan fingerprint density at radius 1 is 1.00 bits per heavy atom. The Morgan fingerprint density at radius 2 is 1.68 bits per heavy atom. The number of amides is 1. The van der Waals surface area contributed by atoms with Crippen LogP contribution in [0.3, 0.4) is 0 Å². The Hall–Kier alpha value is -3.30. The van der Waals surface area contributed by atoms with Crippen molar-refractivity contribution in [3.63, 3.8) is 0 Å². The molecule has 0 unspecified atom stereocenters. The standard InChI is InChI=1S/C29H33F2N3O3S/c1-22(33-16-14-26(15-17-33)32-29(35)18-24-10-5-6-13-28(24)31)20-34(27-12-7-11-25(30)19-27)38(36,37)21-23-8-3-2-4-9-23/h2-13,19,22,26H,14-18,20-21H2,1H3,(H,32,35)/t22-/m1/s1. The molecule has 1 heterocycles. The summed E-state index contributed by atoms with van der Waals surface area (Å²) in [5, 5.41) is 3.00. The van der Waals surface area contributed by atoms with Crippen molar-refractivity contribution >= 4 is 21.6 Å². The lowest BCUT2D eigenvalue weighted by atomic mass is 10.0. The number of benzene rings is 3. The van der Waals surface area contributed by atoms with Gasteiger partial charge in [-0.3, -0.25) is 14.0 Å². The van der Waals surface area contributed by atoms with Crippen LogP contribution < -0.4 is 9.62 Å². The third kappa shape index (κ3) is 7.39. The van der Waals surface area contributed by atoms with Gasteiger partial charge >= 0.3 is 0 Å². The Morgan fingerprint density at radius 3 is 2.37 bits per heavy atom. The Bertz CT molecular complexity index is 1330. The van der Waals surface area contributed by atoms with Gasteiger partial charge in [0.1, 0.15) is 11.6 Å². The van der Waals surface area contributed by atoms with Crippen LogP contribution in [0.5, 0.6) is 0 Å². The van der Waals surface area contributed by atoms with Crippen molar-refractivity contribution in [2.75, 3.05) is 23.9 Å². The van der Waals surface area contributed by atoms with Crippen LogP contribution in [0.4, 0.5) is 14.5 Å². The number of nitrogens with zero attached hydrogens (tertiary/aromatic N) is 2. The minimum Gasteiger partial charge on any atom is -0.353 e. The predicted octanol–water partition coefficient (Wildman–Crippen LogP) is 4.51. The zero-order chi connectivity index (χ0) is 27.1. The van der Waals surface area contributed by atoms with E-state index in [0.717, 1.165) is 0 Å². The fourth-order valence-electron chi connectivity index (χ4n) is 4.81. The lowest BCUT2D eigenvalue weighted by Crippen LogP contribution is -2.51. The molecule has 9 heteroatoms. The van der Waals surface area contributed by atoms with Gasteiger partial charge in [0.2, 0.25) is 15.9 Å². The number of hydrogen-bond donors (Lipinski definition) is 1. The highest BCUT2D eigenvalue weighted by atomic mass is 32.2. The van der Waals surface area contributed by atoms with Crippen molar-refractivity contribution in [2.24, 2.45) is 0 Å². The van der Waals surface area contributed by atoms with Crippen LogP contribution in [-0.2, 0) is 27.0 Å². The summed E-state index contributed by atoms with van der Waals surface area (Å²) < 4.78 is 56.2. The van der Waals surface area contributed by atoms with Gasteiger partial charge in [0.05, 0.1) is 17.9 Å². The molecule has 0 radical (unpaired) electrons. The number of rotatable bonds is 10. The van der Waals surface area contributed by atoms with Crippen molar-refractivity contribution in [2.45, 2.75) is 44.0 Å². The van der Waals surface area contributed by atoms with E-state index in [1.54, 1.807) is 48.5 Å². The molecule has 1 N–H and O–H groups in total. The molecule has 3 aromatic rings. The Balaban J connectivity index is 1.38. The lowest BCUT2D eigenvalue weighted by Gasteiger charge is -2.38. The molecule has 0 saturated carbocycles. The van der Waals surface area contributed by atoms with E-state index < -0.39 is 21.7 Å². The summed E-state index contributed by atoms with van der Waals surface area (Å²) in [7, 11) is -3.79. The normalized spacial score (nSPS) is 15.7. The molecular formula is C29H33F2N3O3S. The minimum atomic E-state index is -3.79. The fraction of sp³-hybridized carbons (Fsp3) is 0.345. The molecule has 0 aromatic heterocycles. The number of sulfonamides is 1. The number of carbonyl (C=O) groups excluding carboxylic acids is 1. The summed E-state index contributed by atoms with van der Waals surface area (Å²) in [6.07, 6.45) is 1.39. The summed E-state index contributed by atoms with van der Waals surface area (Å²) in [4.78, 5) is 14.6. The maximum absolute atomic E-state index is 14.1. The van der Waals surface area contributed by atoms with Crippen LogP contribution in [0.15, 0.2) is 78.9 Å². The molecule has 1 aliphatic heterocycles. The predicted molar refractivity (Wildman–Crippen MR) is 145 cm³/mol. The number of hydrogen-bond acceptors (Lipinski definition) is 4. The highest BCUT2D eigenvalue weighted by molar-refractivity contribution is 7.92. The molecule has 0 bridgehead atoms. The zero-order valence-corrected chi connectivity index (χ0v) is 22.2. The lowest BCUT2D eigenvalue weighted by molar-refractivity contribution is -0.121. The van der Waals surface area contributed by atoms with Crippen molar-refractivity contribution in [1.82, 2.24) is 10.2 Å². The van der Waals surface area contributed by atoms with E-state index in [2.05, 4.69) is 10.2 Å². The van der Waals surface area contributed by atoms with Gasteiger partial charge in [-0.15, -0.1) is 0 Å². The van der Waals surface area contributed by atoms with Gasteiger partial charge in [-0.05, 0) is 55.2 Å². The first-order valence-electron chi connectivity index (χ1n) is 12.8.